The molecule has 6 heteroatoms. The summed E-state index contributed by atoms with van der Waals surface area (Å²) in [5.74, 6) is -9.32. The Hall–Kier alpha value is -1.17. The molecule has 0 spiro atoms. The van der Waals surface area contributed by atoms with Crippen molar-refractivity contribution < 1.29 is 22.0 Å². The summed E-state index contributed by atoms with van der Waals surface area (Å²) in [7, 11) is 0. The van der Waals surface area contributed by atoms with E-state index in [0.29, 0.717) is 24.7 Å². The van der Waals surface area contributed by atoms with E-state index in [1.807, 2.05) is 13.8 Å². The van der Waals surface area contributed by atoms with Crippen LogP contribution in [0.1, 0.15) is 44.7 Å². The molecule has 1 saturated carbocycles. The third-order valence-corrected chi connectivity index (χ3v) is 4.30. The van der Waals surface area contributed by atoms with Crippen LogP contribution >= 0.6 is 0 Å². The summed E-state index contributed by atoms with van der Waals surface area (Å²) < 4.78 is 67.2. The Morgan fingerprint density at radius 1 is 0.762 bits per heavy atom. The quantitative estimate of drug-likeness (QED) is 0.487. The molecule has 0 radical (unpaired) electrons. The second-order valence-electron chi connectivity index (χ2n) is 6.19. The molecule has 0 heterocycles. The number of nitrogens with two attached hydrogens (primary N) is 1. The van der Waals surface area contributed by atoms with E-state index in [4.69, 9.17) is 5.73 Å². The molecule has 1 aliphatic carbocycles. The van der Waals surface area contributed by atoms with Gasteiger partial charge in [0.15, 0.2) is 23.3 Å². The van der Waals surface area contributed by atoms with Crippen molar-refractivity contribution in [2.75, 3.05) is 0 Å². The Kier molecular flexibility index (Phi) is 4.56. The summed E-state index contributed by atoms with van der Waals surface area (Å²) in [5, 5.41) is 0. The van der Waals surface area contributed by atoms with Gasteiger partial charge in [0.1, 0.15) is 0 Å². The molecule has 0 aliphatic heterocycles. The van der Waals surface area contributed by atoms with Crippen LogP contribution in [0, 0.1) is 46.8 Å². The van der Waals surface area contributed by atoms with Gasteiger partial charge in [-0.3, -0.25) is 0 Å². The maximum absolute atomic E-state index is 13.8. The molecular formula is C15H18F5N. The zero-order valence-electron chi connectivity index (χ0n) is 11.9. The lowest BCUT2D eigenvalue weighted by atomic mass is 9.72. The van der Waals surface area contributed by atoms with Gasteiger partial charge in [0.25, 0.3) is 0 Å². The van der Waals surface area contributed by atoms with E-state index >= 15 is 0 Å². The maximum atomic E-state index is 13.8. The lowest BCUT2D eigenvalue weighted by molar-refractivity contribution is 0.188. The third kappa shape index (κ3) is 2.91. The minimum atomic E-state index is -2.15. The Morgan fingerprint density at radius 3 is 1.57 bits per heavy atom. The second kappa shape index (κ2) is 5.91. The number of benzene rings is 1. The van der Waals surface area contributed by atoms with Gasteiger partial charge in [-0.25, -0.2) is 22.0 Å². The molecule has 1 aliphatic rings. The van der Waals surface area contributed by atoms with Gasteiger partial charge in [-0.2, -0.15) is 0 Å². The van der Waals surface area contributed by atoms with Crippen molar-refractivity contribution >= 4 is 0 Å². The summed E-state index contributed by atoms with van der Waals surface area (Å²) in [5.41, 5.74) is 4.96. The Balaban J connectivity index is 2.42. The number of halogens is 5. The lowest BCUT2D eigenvalue weighted by Crippen LogP contribution is -2.31. The summed E-state index contributed by atoms with van der Waals surface area (Å²) in [6.45, 7) is 3.99. The van der Waals surface area contributed by atoms with Crippen LogP contribution in [-0.4, -0.2) is 0 Å². The molecule has 0 aromatic heterocycles. The van der Waals surface area contributed by atoms with Crippen LogP contribution in [0.4, 0.5) is 22.0 Å². The molecule has 21 heavy (non-hydrogen) atoms. The van der Waals surface area contributed by atoms with Crippen molar-refractivity contribution in [3.8, 4) is 0 Å². The van der Waals surface area contributed by atoms with Gasteiger partial charge in [-0.1, -0.05) is 13.8 Å². The Labute approximate surface area is 120 Å². The molecule has 0 saturated heterocycles. The van der Waals surface area contributed by atoms with Crippen molar-refractivity contribution in [2.45, 2.75) is 39.2 Å². The third-order valence-electron chi connectivity index (χ3n) is 4.30. The standard InChI is InChI=1S/C15H18F5N/c1-6-3-7(2)5-8(4-6)15(21)9-10(16)12(18)14(20)13(19)11(9)17/h6-8,15H,3-5,21H2,1-2H3. The SMILES string of the molecule is CC1CC(C)CC(C(N)c2c(F)c(F)c(F)c(F)c2F)C1. The molecule has 0 amide bonds. The fraction of sp³-hybridized carbons (Fsp3) is 0.600. The monoisotopic (exact) mass is 307 g/mol. The number of hydrogen-bond donors (Lipinski definition) is 1. The van der Waals surface area contributed by atoms with E-state index in [2.05, 4.69) is 0 Å². The highest BCUT2D eigenvalue weighted by molar-refractivity contribution is 5.27. The minimum absolute atomic E-state index is 0.294. The Bertz CT molecular complexity index is 506. The van der Waals surface area contributed by atoms with E-state index in [1.165, 1.54) is 0 Å². The van der Waals surface area contributed by atoms with Gasteiger partial charge < -0.3 is 5.73 Å². The van der Waals surface area contributed by atoms with Gasteiger partial charge in [0, 0.05) is 11.6 Å². The summed E-state index contributed by atoms with van der Waals surface area (Å²) in [6.07, 6.45) is 2.20. The molecule has 3 atom stereocenters. The van der Waals surface area contributed by atoms with Crippen LogP contribution in [0.5, 0.6) is 0 Å². The van der Waals surface area contributed by atoms with E-state index in [9.17, 15) is 22.0 Å². The predicted molar refractivity (Wildman–Crippen MR) is 68.8 cm³/mol. The highest BCUT2D eigenvalue weighted by atomic mass is 19.2. The molecule has 1 aromatic carbocycles. The van der Waals surface area contributed by atoms with Crippen LogP contribution in [-0.2, 0) is 0 Å². The first-order chi connectivity index (χ1) is 9.73. The van der Waals surface area contributed by atoms with Gasteiger partial charge in [-0.05, 0) is 37.0 Å². The zero-order chi connectivity index (χ0) is 15.9. The van der Waals surface area contributed by atoms with Gasteiger partial charge >= 0.3 is 0 Å². The van der Waals surface area contributed by atoms with E-state index in [1.54, 1.807) is 0 Å². The summed E-state index contributed by atoms with van der Waals surface area (Å²) in [4.78, 5) is 0. The predicted octanol–water partition coefficient (Wildman–Crippen LogP) is 4.45. The first-order valence-corrected chi connectivity index (χ1v) is 7.00. The number of hydrogen-bond acceptors (Lipinski definition) is 1. The van der Waals surface area contributed by atoms with E-state index < -0.39 is 40.7 Å². The molecule has 2 rings (SSSR count). The molecule has 3 unspecified atom stereocenters. The Morgan fingerprint density at radius 2 is 1.14 bits per heavy atom. The zero-order valence-corrected chi connectivity index (χ0v) is 11.9. The van der Waals surface area contributed by atoms with E-state index in [-0.39, 0.29) is 5.92 Å². The largest absolute Gasteiger partial charge is 0.324 e. The normalized spacial score (nSPS) is 27.7. The fourth-order valence-electron chi connectivity index (χ4n) is 3.45. The van der Waals surface area contributed by atoms with Gasteiger partial charge in [-0.15, -0.1) is 0 Å². The average molecular weight is 307 g/mol. The van der Waals surface area contributed by atoms with Crippen molar-refractivity contribution in [3.63, 3.8) is 0 Å². The van der Waals surface area contributed by atoms with Crippen molar-refractivity contribution in [1.29, 1.82) is 0 Å². The van der Waals surface area contributed by atoms with Crippen LogP contribution < -0.4 is 5.73 Å². The van der Waals surface area contributed by atoms with Crippen LogP contribution in [0.2, 0.25) is 0 Å². The number of rotatable bonds is 2. The molecule has 1 nitrogen and oxygen atoms in total. The summed E-state index contributed by atoms with van der Waals surface area (Å²) >= 11 is 0. The molecule has 2 N–H and O–H groups in total. The first kappa shape index (κ1) is 16.2. The molecular weight excluding hydrogens is 289 g/mol. The van der Waals surface area contributed by atoms with Crippen molar-refractivity contribution in [2.24, 2.45) is 23.5 Å². The second-order valence-corrected chi connectivity index (χ2v) is 6.19. The molecule has 1 aromatic rings. The summed E-state index contributed by atoms with van der Waals surface area (Å²) in [6, 6.07) is -1.19. The smallest absolute Gasteiger partial charge is 0.200 e. The first-order valence-electron chi connectivity index (χ1n) is 7.00. The minimum Gasteiger partial charge on any atom is -0.324 e. The van der Waals surface area contributed by atoms with Crippen molar-refractivity contribution in [3.05, 3.63) is 34.6 Å². The fourth-order valence-corrected chi connectivity index (χ4v) is 3.45. The van der Waals surface area contributed by atoms with Gasteiger partial charge in [0.2, 0.25) is 5.82 Å². The molecule has 0 bridgehead atoms. The highest BCUT2D eigenvalue weighted by Crippen LogP contribution is 2.40. The average Bonchev–Trinajstić information content (AvgIpc) is 2.42. The molecule has 118 valence electrons. The lowest BCUT2D eigenvalue weighted by Gasteiger charge is -2.35. The van der Waals surface area contributed by atoms with Crippen LogP contribution in [0.25, 0.3) is 0 Å². The van der Waals surface area contributed by atoms with Crippen LogP contribution in [0.3, 0.4) is 0 Å². The topological polar surface area (TPSA) is 26.0 Å². The van der Waals surface area contributed by atoms with Crippen molar-refractivity contribution in [1.82, 2.24) is 0 Å². The van der Waals surface area contributed by atoms with E-state index in [0.717, 1.165) is 6.42 Å². The van der Waals surface area contributed by atoms with Gasteiger partial charge in [0.05, 0.1) is 0 Å². The van der Waals surface area contributed by atoms with Crippen LogP contribution in [0.15, 0.2) is 0 Å². The highest BCUT2D eigenvalue weighted by Gasteiger charge is 2.35. The molecule has 1 fully saturated rings. The maximum Gasteiger partial charge on any atom is 0.200 e.